The first kappa shape index (κ1) is 22.5. The van der Waals surface area contributed by atoms with Crippen LogP contribution in [0.25, 0.3) is 10.8 Å². The number of aromatic hydroxyl groups is 1. The summed E-state index contributed by atoms with van der Waals surface area (Å²) in [5.41, 5.74) is 0.339. The Morgan fingerprint density at radius 1 is 1.15 bits per heavy atom. The molecule has 33 heavy (non-hydrogen) atoms. The summed E-state index contributed by atoms with van der Waals surface area (Å²) in [4.78, 5) is 16.8. The third kappa shape index (κ3) is 5.38. The summed E-state index contributed by atoms with van der Waals surface area (Å²) in [5, 5.41) is 15.1. The average Bonchev–Trinajstić information content (AvgIpc) is 3.09. The average molecular weight is 476 g/mol. The number of pyridine rings is 1. The maximum absolute atomic E-state index is 12.8. The zero-order valence-electron chi connectivity index (χ0n) is 16.9. The first-order chi connectivity index (χ1) is 15.7. The van der Waals surface area contributed by atoms with Crippen molar-refractivity contribution < 1.29 is 27.8 Å². The van der Waals surface area contributed by atoms with Gasteiger partial charge in [0.2, 0.25) is 5.91 Å². The lowest BCUT2D eigenvalue weighted by Gasteiger charge is -2.21. The molecule has 2 N–H and O–H groups in total. The third-order valence-corrected chi connectivity index (χ3v) is 5.13. The van der Waals surface area contributed by atoms with Crippen LogP contribution in [0.5, 0.6) is 11.6 Å². The fourth-order valence-electron chi connectivity index (χ4n) is 3.52. The van der Waals surface area contributed by atoms with Gasteiger partial charge >= 0.3 is 6.36 Å². The Kier molecular flexibility index (Phi) is 6.15. The summed E-state index contributed by atoms with van der Waals surface area (Å²) >= 11 is 5.81. The minimum absolute atomic E-state index is 0.116. The number of carbonyl (C=O) groups excluding carboxylic acids is 1. The topological polar surface area (TPSA) is 76.4 Å². The van der Waals surface area contributed by atoms with Gasteiger partial charge in [-0.2, -0.15) is 0 Å². The van der Waals surface area contributed by atoms with E-state index in [1.54, 1.807) is 42.6 Å². The summed E-state index contributed by atoms with van der Waals surface area (Å²) in [6.07, 6.45) is -2.05. The predicted molar refractivity (Wildman–Crippen MR) is 117 cm³/mol. The molecule has 0 spiro atoms. The van der Waals surface area contributed by atoms with Crippen molar-refractivity contribution >= 4 is 34.1 Å². The number of benzene rings is 2. The minimum atomic E-state index is -4.87. The van der Waals surface area contributed by atoms with Crippen LogP contribution in [0.3, 0.4) is 0 Å². The van der Waals surface area contributed by atoms with E-state index < -0.39 is 24.1 Å². The summed E-state index contributed by atoms with van der Waals surface area (Å²) in [5.74, 6) is -0.746. The van der Waals surface area contributed by atoms with Crippen LogP contribution in [0, 0.1) is 0 Å². The molecule has 0 radical (unpaired) electrons. The van der Waals surface area contributed by atoms with Gasteiger partial charge in [-0.05, 0) is 35.9 Å². The Morgan fingerprint density at radius 3 is 2.64 bits per heavy atom. The number of fused-ring (bicyclic) bond motifs is 1. The number of hydrogen-bond acceptors (Lipinski definition) is 4. The van der Waals surface area contributed by atoms with E-state index in [1.165, 1.54) is 29.0 Å². The van der Waals surface area contributed by atoms with Gasteiger partial charge in [0.1, 0.15) is 11.6 Å². The van der Waals surface area contributed by atoms with Crippen molar-refractivity contribution in [1.29, 1.82) is 0 Å². The van der Waals surface area contributed by atoms with Crippen LogP contribution in [-0.4, -0.2) is 26.9 Å². The molecule has 0 aliphatic carbocycles. The highest BCUT2D eigenvalue weighted by Crippen LogP contribution is 2.36. The van der Waals surface area contributed by atoms with Gasteiger partial charge in [0.05, 0.1) is 17.5 Å². The van der Waals surface area contributed by atoms with Gasteiger partial charge in [-0.15, -0.1) is 13.2 Å². The zero-order valence-corrected chi connectivity index (χ0v) is 17.6. The molecule has 170 valence electrons. The second-order valence-electron chi connectivity index (χ2n) is 7.20. The van der Waals surface area contributed by atoms with Gasteiger partial charge in [0, 0.05) is 23.2 Å². The number of alkyl halides is 3. The number of carbonyl (C=O) groups is 1. The van der Waals surface area contributed by atoms with Crippen molar-refractivity contribution in [3.05, 3.63) is 83.6 Å². The van der Waals surface area contributed by atoms with Crippen LogP contribution in [0.4, 0.5) is 19.0 Å². The first-order valence-electron chi connectivity index (χ1n) is 9.75. The quantitative estimate of drug-likeness (QED) is 0.363. The molecular weight excluding hydrogens is 459 g/mol. The smallest absolute Gasteiger partial charge is 0.494 e. The second-order valence-corrected chi connectivity index (χ2v) is 7.63. The van der Waals surface area contributed by atoms with Gasteiger partial charge in [-0.25, -0.2) is 4.98 Å². The molecule has 10 heteroatoms. The zero-order chi connectivity index (χ0) is 23.6. The van der Waals surface area contributed by atoms with Crippen molar-refractivity contribution in [2.24, 2.45) is 0 Å². The Balaban J connectivity index is 1.70. The highest BCUT2D eigenvalue weighted by molar-refractivity contribution is 6.30. The van der Waals surface area contributed by atoms with Gasteiger partial charge in [-0.1, -0.05) is 41.9 Å². The molecule has 0 saturated carbocycles. The summed E-state index contributed by atoms with van der Waals surface area (Å²) in [6.45, 7) is 0. The van der Waals surface area contributed by atoms with Gasteiger partial charge < -0.3 is 19.7 Å². The van der Waals surface area contributed by atoms with Gasteiger partial charge in [0.15, 0.2) is 5.88 Å². The summed E-state index contributed by atoms with van der Waals surface area (Å²) in [6, 6.07) is 14.6. The second kappa shape index (κ2) is 9.03. The number of nitrogens with zero attached hydrogens (tertiary/aromatic N) is 2. The molecule has 4 aromatic rings. The molecule has 4 rings (SSSR count). The van der Waals surface area contributed by atoms with E-state index in [2.05, 4.69) is 15.0 Å². The van der Waals surface area contributed by atoms with Crippen LogP contribution >= 0.6 is 11.6 Å². The molecule has 1 atom stereocenters. The molecule has 1 amide bonds. The first-order valence-corrected chi connectivity index (χ1v) is 10.1. The number of hydrogen-bond donors (Lipinski definition) is 2. The molecule has 0 aliphatic heterocycles. The number of ether oxygens (including phenoxy) is 1. The largest absolute Gasteiger partial charge is 0.573 e. The molecular formula is C23H17ClF3N3O3. The Morgan fingerprint density at radius 2 is 1.94 bits per heavy atom. The van der Waals surface area contributed by atoms with Crippen LogP contribution in [0.1, 0.15) is 18.0 Å². The highest BCUT2D eigenvalue weighted by Gasteiger charge is 2.31. The van der Waals surface area contributed by atoms with Gasteiger partial charge in [0.25, 0.3) is 0 Å². The number of halogens is 4. The molecule has 0 bridgehead atoms. The fraction of sp³-hybridized carbons (Fsp3) is 0.130. The monoisotopic (exact) mass is 475 g/mol. The summed E-state index contributed by atoms with van der Waals surface area (Å²) < 4.78 is 43.7. The molecule has 1 unspecified atom stereocenters. The standard InChI is InChI=1S/C23H17ClF3N3O3/c24-16-8-9-20(28-12-16)29-21(31)11-19(14-5-3-6-17(10-14)33-23(25,26)27)30-13-15-4-1-2-7-18(15)22(30)32/h1-10,12-13,19,32H,11H2,(H,28,29,31). The van der Waals surface area contributed by atoms with Crippen LogP contribution < -0.4 is 10.1 Å². The maximum atomic E-state index is 12.8. The molecule has 6 nitrogen and oxygen atoms in total. The SMILES string of the molecule is O=C(CC(c1cccc(OC(F)(F)F)c1)n1cc2ccccc2c1O)Nc1ccc(Cl)cn1. The Labute approximate surface area is 191 Å². The number of nitrogens with one attached hydrogen (secondary N) is 1. The third-order valence-electron chi connectivity index (χ3n) is 4.91. The number of amides is 1. The number of aromatic nitrogens is 2. The Hall–Kier alpha value is -3.72. The normalized spacial score (nSPS) is 12.5. The van der Waals surface area contributed by atoms with Crippen molar-refractivity contribution in [3.8, 4) is 11.6 Å². The highest BCUT2D eigenvalue weighted by atomic mass is 35.5. The van der Waals surface area contributed by atoms with E-state index in [-0.39, 0.29) is 18.1 Å². The van der Waals surface area contributed by atoms with E-state index in [0.717, 1.165) is 6.07 Å². The maximum Gasteiger partial charge on any atom is 0.573 e. The van der Waals surface area contributed by atoms with E-state index in [1.807, 2.05) is 0 Å². The van der Waals surface area contributed by atoms with Crippen LogP contribution in [-0.2, 0) is 4.79 Å². The minimum Gasteiger partial charge on any atom is -0.494 e. The molecule has 0 saturated heterocycles. The fourth-order valence-corrected chi connectivity index (χ4v) is 3.63. The van der Waals surface area contributed by atoms with E-state index in [4.69, 9.17) is 11.6 Å². The molecule has 2 aromatic heterocycles. The lowest BCUT2D eigenvalue weighted by Crippen LogP contribution is -2.21. The van der Waals surface area contributed by atoms with Crippen LogP contribution in [0.2, 0.25) is 5.02 Å². The van der Waals surface area contributed by atoms with Crippen molar-refractivity contribution in [1.82, 2.24) is 9.55 Å². The summed E-state index contributed by atoms with van der Waals surface area (Å²) in [7, 11) is 0. The molecule has 2 aromatic carbocycles. The van der Waals surface area contributed by atoms with E-state index in [0.29, 0.717) is 21.4 Å². The number of anilines is 1. The lowest BCUT2D eigenvalue weighted by atomic mass is 10.0. The molecule has 0 fully saturated rings. The predicted octanol–water partition coefficient (Wildman–Crippen LogP) is 5.91. The van der Waals surface area contributed by atoms with Crippen molar-refractivity contribution in [2.75, 3.05) is 5.32 Å². The van der Waals surface area contributed by atoms with E-state index in [9.17, 15) is 23.1 Å². The van der Waals surface area contributed by atoms with Crippen molar-refractivity contribution in [3.63, 3.8) is 0 Å². The van der Waals surface area contributed by atoms with Crippen LogP contribution in [0.15, 0.2) is 73.1 Å². The molecule has 2 heterocycles. The number of rotatable bonds is 6. The van der Waals surface area contributed by atoms with E-state index >= 15 is 0 Å². The Bertz CT molecular complexity index is 1290. The molecule has 0 aliphatic rings. The van der Waals surface area contributed by atoms with Crippen molar-refractivity contribution in [2.45, 2.75) is 18.8 Å². The lowest BCUT2D eigenvalue weighted by molar-refractivity contribution is -0.274. The van der Waals surface area contributed by atoms with Gasteiger partial charge in [-0.3, -0.25) is 4.79 Å².